The summed E-state index contributed by atoms with van der Waals surface area (Å²) in [5.41, 5.74) is -1.31. The first-order valence-corrected chi connectivity index (χ1v) is 10.9. The average Bonchev–Trinajstić information content (AvgIpc) is 2.79. The highest BCUT2D eigenvalue weighted by Crippen LogP contribution is 2.23. The van der Waals surface area contributed by atoms with Crippen molar-refractivity contribution >= 4 is 56.3 Å². The monoisotopic (exact) mass is 503 g/mol. The van der Waals surface area contributed by atoms with E-state index in [1.54, 1.807) is 0 Å². The molecule has 3 aromatic rings. The van der Waals surface area contributed by atoms with Gasteiger partial charge in [0.05, 0.1) is 26.4 Å². The lowest BCUT2D eigenvalue weighted by atomic mass is 10.1. The summed E-state index contributed by atoms with van der Waals surface area (Å²) in [5, 5.41) is 26.6. The van der Waals surface area contributed by atoms with Crippen LogP contribution in [0.1, 0.15) is 10.4 Å². The average molecular weight is 503 g/mol. The van der Waals surface area contributed by atoms with Crippen LogP contribution in [0.15, 0.2) is 65.8 Å². The molecule has 16 heteroatoms. The summed E-state index contributed by atoms with van der Waals surface area (Å²) in [6.07, 6.45) is 2.75. The second-order valence-electron chi connectivity index (χ2n) is 6.36. The fraction of sp³-hybridized carbons (Fsp3) is 0. The molecule has 3 rings (SSSR count). The highest BCUT2D eigenvalue weighted by Gasteiger charge is 2.20. The second-order valence-corrected chi connectivity index (χ2v) is 8.45. The third-order valence-electron chi connectivity index (χ3n) is 4.03. The molecule has 0 aliphatic heterocycles. The number of nitrogens with zero attached hydrogens (tertiary/aromatic N) is 4. The number of thiocarbonyl (C=S) groups is 1. The van der Waals surface area contributed by atoms with Gasteiger partial charge in [-0.1, -0.05) is 0 Å². The van der Waals surface area contributed by atoms with Crippen molar-refractivity contribution in [3.63, 3.8) is 0 Å². The van der Waals surface area contributed by atoms with Gasteiger partial charge in [0.25, 0.3) is 27.3 Å². The minimum absolute atomic E-state index is 0.0932. The van der Waals surface area contributed by atoms with E-state index >= 15 is 0 Å². The molecule has 14 nitrogen and oxygen atoms in total. The fourth-order valence-corrected chi connectivity index (χ4v) is 3.69. The van der Waals surface area contributed by atoms with Gasteiger partial charge >= 0.3 is 0 Å². The van der Waals surface area contributed by atoms with Crippen LogP contribution in [0, 0.1) is 20.2 Å². The molecule has 0 aliphatic carbocycles. The lowest BCUT2D eigenvalue weighted by molar-refractivity contribution is -0.394. The topological polar surface area (TPSA) is 199 Å². The Kier molecular flexibility index (Phi) is 7.03. The molecule has 0 atom stereocenters. The van der Waals surface area contributed by atoms with Crippen LogP contribution in [0.2, 0.25) is 0 Å². The van der Waals surface area contributed by atoms with Gasteiger partial charge in [0.2, 0.25) is 5.95 Å². The molecule has 34 heavy (non-hydrogen) atoms. The Morgan fingerprint density at radius 2 is 1.50 bits per heavy atom. The van der Waals surface area contributed by atoms with Crippen LogP contribution in [0.5, 0.6) is 0 Å². The SMILES string of the molecule is O=C(NC(=S)Nc1ccc(S(=O)(=O)Nc2ncccn2)cc1)c1cc([N+](=O)[O-])cc([N+](=O)[O-])c1. The van der Waals surface area contributed by atoms with Crippen LogP contribution in [0.3, 0.4) is 0 Å². The lowest BCUT2D eigenvalue weighted by Crippen LogP contribution is -2.34. The minimum Gasteiger partial charge on any atom is -0.332 e. The van der Waals surface area contributed by atoms with Gasteiger partial charge in [0.1, 0.15) is 0 Å². The van der Waals surface area contributed by atoms with Crippen LogP contribution in [-0.2, 0) is 10.0 Å². The first-order valence-electron chi connectivity index (χ1n) is 9.01. The second kappa shape index (κ2) is 9.92. The van der Waals surface area contributed by atoms with E-state index in [9.17, 15) is 33.4 Å². The molecule has 2 aromatic carbocycles. The number of nitro groups is 2. The van der Waals surface area contributed by atoms with Crippen molar-refractivity contribution in [2.75, 3.05) is 10.0 Å². The van der Waals surface area contributed by atoms with Gasteiger partial charge in [-0.15, -0.1) is 0 Å². The molecule has 0 aliphatic rings. The Morgan fingerprint density at radius 1 is 0.941 bits per heavy atom. The van der Waals surface area contributed by atoms with E-state index in [1.807, 2.05) is 0 Å². The quantitative estimate of drug-likeness (QED) is 0.242. The molecule has 0 saturated heterocycles. The number of amides is 1. The van der Waals surface area contributed by atoms with Crippen molar-refractivity contribution in [3.8, 4) is 0 Å². The van der Waals surface area contributed by atoms with E-state index in [0.29, 0.717) is 5.69 Å². The van der Waals surface area contributed by atoms with Crippen molar-refractivity contribution < 1.29 is 23.1 Å². The van der Waals surface area contributed by atoms with Crippen LogP contribution in [-0.4, -0.2) is 39.3 Å². The number of rotatable bonds is 7. The molecular formula is C18H13N7O7S2. The molecule has 1 aromatic heterocycles. The maximum Gasteiger partial charge on any atom is 0.277 e. The molecule has 0 radical (unpaired) electrons. The predicted octanol–water partition coefficient (Wildman–Crippen LogP) is 2.22. The van der Waals surface area contributed by atoms with Gasteiger partial charge in [-0.25, -0.2) is 23.1 Å². The molecule has 0 bridgehead atoms. The van der Waals surface area contributed by atoms with Gasteiger partial charge in [0, 0.05) is 30.2 Å². The maximum atomic E-state index is 12.4. The van der Waals surface area contributed by atoms with Crippen molar-refractivity contribution in [1.82, 2.24) is 15.3 Å². The summed E-state index contributed by atoms with van der Waals surface area (Å²) in [7, 11) is -3.95. The number of carbonyl (C=O) groups is 1. The Balaban J connectivity index is 1.68. The number of hydrogen-bond donors (Lipinski definition) is 3. The minimum atomic E-state index is -3.95. The first-order chi connectivity index (χ1) is 16.0. The number of benzene rings is 2. The van der Waals surface area contributed by atoms with Crippen LogP contribution >= 0.6 is 12.2 Å². The number of hydrogen-bond acceptors (Lipinski definition) is 10. The Hall–Kier alpha value is -4.57. The number of non-ortho nitro benzene ring substituents is 2. The zero-order chi connectivity index (χ0) is 24.9. The summed E-state index contributed by atoms with van der Waals surface area (Å²) in [6.45, 7) is 0. The van der Waals surface area contributed by atoms with Crippen molar-refractivity contribution in [1.29, 1.82) is 0 Å². The maximum absolute atomic E-state index is 12.4. The van der Waals surface area contributed by atoms with Gasteiger partial charge in [0.15, 0.2) is 5.11 Å². The van der Waals surface area contributed by atoms with Gasteiger partial charge < -0.3 is 5.32 Å². The smallest absolute Gasteiger partial charge is 0.277 e. The molecule has 3 N–H and O–H groups in total. The van der Waals surface area contributed by atoms with E-state index in [1.165, 1.54) is 42.7 Å². The zero-order valence-corrected chi connectivity index (χ0v) is 18.4. The molecule has 0 spiro atoms. The third kappa shape index (κ3) is 6.02. The number of carbonyl (C=O) groups excluding carboxylic acids is 1. The molecule has 174 valence electrons. The molecule has 1 amide bonds. The fourth-order valence-electron chi connectivity index (χ4n) is 2.52. The standard InChI is InChI=1S/C18H13N7O7S2/c26-16(11-8-13(24(27)28)10-14(9-11)25(29)30)22-18(33)21-12-2-4-15(5-3-12)34(31,32)23-17-19-6-1-7-20-17/h1-10H,(H,19,20,23)(H2,21,22,26,33). The zero-order valence-electron chi connectivity index (χ0n) is 16.7. The molecule has 1 heterocycles. The summed E-state index contributed by atoms with van der Waals surface area (Å²) < 4.78 is 27.0. The van der Waals surface area contributed by atoms with Crippen LogP contribution in [0.25, 0.3) is 0 Å². The molecular weight excluding hydrogens is 490 g/mol. The van der Waals surface area contributed by atoms with Crippen molar-refractivity contribution in [2.24, 2.45) is 0 Å². The lowest BCUT2D eigenvalue weighted by Gasteiger charge is -2.11. The number of anilines is 2. The Labute approximate surface area is 196 Å². The van der Waals surface area contributed by atoms with E-state index in [-0.39, 0.29) is 21.5 Å². The Morgan fingerprint density at radius 3 is 2.03 bits per heavy atom. The summed E-state index contributed by atoms with van der Waals surface area (Å²) in [5.74, 6) is -1.02. The summed E-state index contributed by atoms with van der Waals surface area (Å²) >= 11 is 5.02. The van der Waals surface area contributed by atoms with Crippen LogP contribution < -0.4 is 15.4 Å². The molecule has 0 unspecified atom stereocenters. The highest BCUT2D eigenvalue weighted by molar-refractivity contribution is 7.92. The number of nitro benzene ring substituents is 2. The molecule has 0 fully saturated rings. The number of nitrogens with one attached hydrogen (secondary N) is 3. The van der Waals surface area contributed by atoms with Gasteiger partial charge in [-0.2, -0.15) is 0 Å². The largest absolute Gasteiger partial charge is 0.332 e. The van der Waals surface area contributed by atoms with Gasteiger partial charge in [-0.3, -0.25) is 30.3 Å². The highest BCUT2D eigenvalue weighted by atomic mass is 32.2. The number of aromatic nitrogens is 2. The third-order valence-corrected chi connectivity index (χ3v) is 5.58. The van der Waals surface area contributed by atoms with E-state index in [4.69, 9.17) is 12.2 Å². The Bertz CT molecular complexity index is 1350. The van der Waals surface area contributed by atoms with Crippen molar-refractivity contribution in [2.45, 2.75) is 4.90 Å². The normalized spacial score (nSPS) is 10.7. The van der Waals surface area contributed by atoms with E-state index < -0.39 is 37.2 Å². The van der Waals surface area contributed by atoms with Crippen LogP contribution in [0.4, 0.5) is 23.0 Å². The van der Waals surface area contributed by atoms with Gasteiger partial charge in [-0.05, 0) is 42.5 Å². The molecule has 0 saturated carbocycles. The van der Waals surface area contributed by atoms with E-state index in [0.717, 1.165) is 18.2 Å². The van der Waals surface area contributed by atoms with Crippen molar-refractivity contribution in [3.05, 3.63) is 86.7 Å². The first kappa shape index (κ1) is 24.1. The summed E-state index contributed by atoms with van der Waals surface area (Å²) in [6, 6.07) is 9.27. The predicted molar refractivity (Wildman–Crippen MR) is 123 cm³/mol. The number of sulfonamides is 1. The summed E-state index contributed by atoms with van der Waals surface area (Å²) in [4.78, 5) is 40.1. The van der Waals surface area contributed by atoms with E-state index in [2.05, 4.69) is 25.3 Å².